The maximum Gasteiger partial charge on any atom is 0.324 e. The van der Waals surface area contributed by atoms with E-state index in [-0.39, 0.29) is 11.4 Å². The minimum Gasteiger partial charge on any atom is -0.378 e. The monoisotopic (exact) mass is 405 g/mol. The lowest BCUT2D eigenvalue weighted by Crippen LogP contribution is -2.48. The molecule has 7 heteroatoms. The zero-order valence-electron chi connectivity index (χ0n) is 17.5. The summed E-state index contributed by atoms with van der Waals surface area (Å²) >= 11 is 0. The summed E-state index contributed by atoms with van der Waals surface area (Å²) in [5, 5.41) is 8.78. The van der Waals surface area contributed by atoms with Crippen LogP contribution in [0.1, 0.15) is 37.0 Å². The van der Waals surface area contributed by atoms with Crippen LogP contribution in [0.2, 0.25) is 0 Å². The number of hydrogen-bond donors (Lipinski definition) is 2. The van der Waals surface area contributed by atoms with Crippen molar-refractivity contribution in [1.82, 2.24) is 20.1 Å². The molecule has 3 aliphatic rings. The van der Waals surface area contributed by atoms with Crippen molar-refractivity contribution < 1.29 is 9.53 Å². The Hall–Kier alpha value is -2.80. The molecule has 2 amide bonds. The molecule has 2 N–H and O–H groups in total. The Bertz CT molecular complexity index is 1150. The fraction of sp³-hybridized carbons (Fsp3) is 0.478. The zero-order valence-corrected chi connectivity index (χ0v) is 17.5. The van der Waals surface area contributed by atoms with E-state index in [1.165, 1.54) is 22.1 Å². The number of carbonyl (C=O) groups is 1. The lowest BCUT2D eigenvalue weighted by Gasteiger charge is -2.31. The van der Waals surface area contributed by atoms with E-state index in [2.05, 4.69) is 41.2 Å². The number of rotatable bonds is 0. The third-order valence-corrected chi connectivity index (χ3v) is 6.94. The molecule has 0 radical (unpaired) electrons. The fourth-order valence-electron chi connectivity index (χ4n) is 5.35. The van der Waals surface area contributed by atoms with E-state index >= 15 is 0 Å². The normalized spacial score (nSPS) is 20.1. The van der Waals surface area contributed by atoms with Crippen molar-refractivity contribution in [1.29, 1.82) is 0 Å². The minimum atomic E-state index is -0.0918. The number of aromatic amines is 2. The Labute approximate surface area is 175 Å². The second-order valence-corrected chi connectivity index (χ2v) is 9.36. The number of hydrogen-bond acceptors (Lipinski definition) is 3. The number of benzene rings is 1. The summed E-state index contributed by atoms with van der Waals surface area (Å²) in [5.41, 5.74) is 8.10. The van der Waals surface area contributed by atoms with E-state index in [1.54, 1.807) is 0 Å². The van der Waals surface area contributed by atoms with Gasteiger partial charge in [0.1, 0.15) is 5.69 Å². The summed E-state index contributed by atoms with van der Waals surface area (Å²) < 4.78 is 5.44. The Kier molecular flexibility index (Phi) is 3.81. The molecule has 30 heavy (non-hydrogen) atoms. The van der Waals surface area contributed by atoms with E-state index < -0.39 is 0 Å². The molecule has 6 rings (SSSR count). The molecule has 2 aliphatic heterocycles. The van der Waals surface area contributed by atoms with Crippen LogP contribution >= 0.6 is 0 Å². The SMILES string of the molecule is CC1(C)CN(C(=O)N2CCOCC2)c2cc3c4c([nH]c3cc21)-c1n[nH]cc1CCC4. The number of amides is 2. The van der Waals surface area contributed by atoms with E-state index in [4.69, 9.17) is 4.74 Å². The second-order valence-electron chi connectivity index (χ2n) is 9.36. The highest BCUT2D eigenvalue weighted by molar-refractivity contribution is 6.01. The molecule has 1 aromatic carbocycles. The van der Waals surface area contributed by atoms with Gasteiger partial charge < -0.3 is 14.6 Å². The van der Waals surface area contributed by atoms with Crippen molar-refractivity contribution in [3.63, 3.8) is 0 Å². The molecule has 4 heterocycles. The van der Waals surface area contributed by atoms with Gasteiger partial charge >= 0.3 is 6.03 Å². The van der Waals surface area contributed by atoms with Crippen molar-refractivity contribution in [2.75, 3.05) is 37.7 Å². The van der Waals surface area contributed by atoms with Crippen molar-refractivity contribution >= 4 is 22.6 Å². The van der Waals surface area contributed by atoms with Gasteiger partial charge in [0.25, 0.3) is 0 Å². The van der Waals surface area contributed by atoms with Gasteiger partial charge in [-0.1, -0.05) is 13.8 Å². The third-order valence-electron chi connectivity index (χ3n) is 6.94. The molecule has 0 unspecified atom stereocenters. The summed E-state index contributed by atoms with van der Waals surface area (Å²) in [6.07, 6.45) is 5.17. The lowest BCUT2D eigenvalue weighted by atomic mass is 9.86. The zero-order chi connectivity index (χ0) is 20.5. The van der Waals surface area contributed by atoms with Crippen LogP contribution in [0.15, 0.2) is 18.3 Å². The van der Waals surface area contributed by atoms with Crippen LogP contribution in [0.3, 0.4) is 0 Å². The molecule has 156 valence electrons. The van der Waals surface area contributed by atoms with Gasteiger partial charge in [0, 0.05) is 42.1 Å². The largest absolute Gasteiger partial charge is 0.378 e. The smallest absolute Gasteiger partial charge is 0.324 e. The average molecular weight is 406 g/mol. The number of ether oxygens (including phenoxy) is 1. The Morgan fingerprint density at radius 2 is 2.03 bits per heavy atom. The predicted octanol–water partition coefficient (Wildman–Crippen LogP) is 3.60. The van der Waals surface area contributed by atoms with Crippen molar-refractivity contribution in [3.8, 4) is 11.4 Å². The molecule has 1 saturated heterocycles. The molecule has 3 aromatic rings. The highest BCUT2D eigenvalue weighted by atomic mass is 16.5. The first-order valence-corrected chi connectivity index (χ1v) is 10.9. The molecule has 1 aliphatic carbocycles. The molecule has 0 atom stereocenters. The van der Waals surface area contributed by atoms with Crippen molar-refractivity contribution in [2.45, 2.75) is 38.5 Å². The number of morpholine rings is 1. The third kappa shape index (κ3) is 2.54. The number of anilines is 1. The Balaban J connectivity index is 1.49. The number of nitrogens with zero attached hydrogens (tertiary/aromatic N) is 3. The first-order valence-electron chi connectivity index (χ1n) is 10.9. The van der Waals surface area contributed by atoms with Gasteiger partial charge in [0.05, 0.1) is 24.6 Å². The van der Waals surface area contributed by atoms with Gasteiger partial charge in [0.15, 0.2) is 0 Å². The van der Waals surface area contributed by atoms with Gasteiger partial charge in [-0.3, -0.25) is 10.00 Å². The maximum absolute atomic E-state index is 13.4. The number of fused-ring (bicyclic) bond motifs is 6. The van der Waals surface area contributed by atoms with Gasteiger partial charge in [0.2, 0.25) is 0 Å². The number of aryl methyl sites for hydroxylation is 2. The number of aromatic nitrogens is 3. The molecule has 1 fully saturated rings. The minimum absolute atomic E-state index is 0.0918. The summed E-state index contributed by atoms with van der Waals surface area (Å²) in [6.45, 7) is 7.72. The molecule has 7 nitrogen and oxygen atoms in total. The number of carbonyl (C=O) groups excluding carboxylic acids is 1. The van der Waals surface area contributed by atoms with Gasteiger partial charge in [-0.15, -0.1) is 0 Å². The van der Waals surface area contributed by atoms with Crippen LogP contribution in [0.4, 0.5) is 10.5 Å². The fourth-order valence-corrected chi connectivity index (χ4v) is 5.35. The van der Waals surface area contributed by atoms with Crippen LogP contribution < -0.4 is 4.90 Å². The first kappa shape index (κ1) is 18.0. The molecule has 0 bridgehead atoms. The standard InChI is InChI=1S/C23H27N5O2/c1-23(2)13-28(22(29)27-6-8-30-9-7-27)19-10-16-15-5-3-4-14-12-24-26-20(14)21(15)25-18(16)11-17(19)23/h10-12,25H,3-9,13H2,1-2H3,(H,24,26). The lowest BCUT2D eigenvalue weighted by molar-refractivity contribution is 0.0548. The van der Waals surface area contributed by atoms with E-state index in [9.17, 15) is 4.79 Å². The van der Waals surface area contributed by atoms with Gasteiger partial charge in [-0.25, -0.2) is 4.79 Å². The summed E-state index contributed by atoms with van der Waals surface area (Å²) in [6, 6.07) is 4.60. The van der Waals surface area contributed by atoms with Gasteiger partial charge in [-0.05, 0) is 48.1 Å². The number of nitrogens with one attached hydrogen (secondary N) is 2. The van der Waals surface area contributed by atoms with E-state index in [0.717, 1.165) is 41.9 Å². The Morgan fingerprint density at radius 1 is 1.20 bits per heavy atom. The van der Waals surface area contributed by atoms with Crippen molar-refractivity contribution in [3.05, 3.63) is 35.0 Å². The summed E-state index contributed by atoms with van der Waals surface area (Å²) in [5.74, 6) is 0. The second kappa shape index (κ2) is 6.35. The quantitative estimate of drug-likeness (QED) is 0.600. The van der Waals surface area contributed by atoms with Crippen molar-refractivity contribution in [2.24, 2.45) is 0 Å². The number of urea groups is 1. The van der Waals surface area contributed by atoms with E-state index in [1.807, 2.05) is 16.0 Å². The van der Waals surface area contributed by atoms with Gasteiger partial charge in [-0.2, -0.15) is 5.10 Å². The number of H-pyrrole nitrogens is 2. The topological polar surface area (TPSA) is 77.2 Å². The van der Waals surface area contributed by atoms with Crippen LogP contribution in [0.5, 0.6) is 0 Å². The average Bonchev–Trinajstić information content (AvgIpc) is 3.39. The van der Waals surface area contributed by atoms with Crippen LogP contribution in [0.25, 0.3) is 22.3 Å². The molecular weight excluding hydrogens is 378 g/mol. The van der Waals surface area contributed by atoms with Crippen LogP contribution in [0, 0.1) is 0 Å². The predicted molar refractivity (Wildman–Crippen MR) is 116 cm³/mol. The van der Waals surface area contributed by atoms with Crippen LogP contribution in [-0.4, -0.2) is 59.0 Å². The molecule has 0 spiro atoms. The maximum atomic E-state index is 13.4. The van der Waals surface area contributed by atoms with E-state index in [0.29, 0.717) is 32.8 Å². The molecule has 0 saturated carbocycles. The summed E-state index contributed by atoms with van der Waals surface area (Å²) in [7, 11) is 0. The Morgan fingerprint density at radius 3 is 2.87 bits per heavy atom. The molecular formula is C23H27N5O2. The molecule has 2 aromatic heterocycles. The van der Waals surface area contributed by atoms with Crippen LogP contribution in [-0.2, 0) is 23.0 Å². The highest BCUT2D eigenvalue weighted by Gasteiger charge is 2.40. The first-order chi connectivity index (χ1) is 14.5. The summed E-state index contributed by atoms with van der Waals surface area (Å²) in [4.78, 5) is 20.9. The highest BCUT2D eigenvalue weighted by Crippen LogP contribution is 2.45.